The third kappa shape index (κ3) is 8.13. The Morgan fingerprint density at radius 2 is 1.82 bits per heavy atom. The van der Waals surface area contributed by atoms with Gasteiger partial charge in [-0.3, -0.25) is 0 Å². The van der Waals surface area contributed by atoms with Crippen LogP contribution in [0.5, 0.6) is 0 Å². The molecule has 0 aromatic carbocycles. The molecule has 0 N–H and O–H groups in total. The van der Waals surface area contributed by atoms with E-state index >= 15 is 0 Å². The lowest BCUT2D eigenvalue weighted by Crippen LogP contribution is -2.37. The highest BCUT2D eigenvalue weighted by atomic mass is 79.9. The summed E-state index contributed by atoms with van der Waals surface area (Å²) in [4.78, 5) is 0. The van der Waals surface area contributed by atoms with Crippen LogP contribution in [0.3, 0.4) is 0 Å². The van der Waals surface area contributed by atoms with Gasteiger partial charge in [-0.05, 0) is 11.8 Å². The summed E-state index contributed by atoms with van der Waals surface area (Å²) >= 11 is 3.28. The average Bonchev–Trinajstić information content (AvgIpc) is 2.20. The van der Waals surface area contributed by atoms with E-state index in [-0.39, 0.29) is 11.2 Å². The quantitative estimate of drug-likeness (QED) is 0.640. The molecule has 0 amide bonds. The van der Waals surface area contributed by atoms with Crippen LogP contribution in [0, 0.1) is 5.41 Å². The zero-order valence-electron chi connectivity index (χ0n) is 11.2. The Morgan fingerprint density at radius 1 is 1.24 bits per heavy atom. The van der Waals surface area contributed by atoms with Crippen molar-refractivity contribution in [2.24, 2.45) is 5.41 Å². The maximum Gasteiger partial charge on any atom is 0.214 e. The highest BCUT2D eigenvalue weighted by Gasteiger charge is 2.23. The first-order valence-electron chi connectivity index (χ1n) is 5.75. The normalized spacial score (nSPS) is 13.3. The standard InChI is InChI=1S/C11H24BrNO3S/c1-11(2,3)5-10-17(14,15)13(7-6-12)8-9-16-4/h5-10H2,1-4H3. The number of hydrogen-bond acceptors (Lipinski definition) is 3. The van der Waals surface area contributed by atoms with Gasteiger partial charge in [-0.25, -0.2) is 8.42 Å². The van der Waals surface area contributed by atoms with Crippen molar-refractivity contribution >= 4 is 26.0 Å². The molecule has 0 aliphatic heterocycles. The van der Waals surface area contributed by atoms with Gasteiger partial charge in [-0.1, -0.05) is 36.7 Å². The van der Waals surface area contributed by atoms with Crippen molar-refractivity contribution in [3.63, 3.8) is 0 Å². The van der Waals surface area contributed by atoms with Gasteiger partial charge in [0.1, 0.15) is 0 Å². The number of methoxy groups -OCH3 is 1. The van der Waals surface area contributed by atoms with Crippen LogP contribution in [0.4, 0.5) is 0 Å². The summed E-state index contributed by atoms with van der Waals surface area (Å²) in [6, 6.07) is 0. The Bertz CT molecular complexity index is 298. The number of ether oxygens (including phenoxy) is 1. The summed E-state index contributed by atoms with van der Waals surface area (Å²) < 4.78 is 30.7. The molecule has 0 aromatic rings. The molecule has 0 unspecified atom stereocenters. The van der Waals surface area contributed by atoms with E-state index in [0.29, 0.717) is 31.4 Å². The second-order valence-electron chi connectivity index (χ2n) is 5.21. The van der Waals surface area contributed by atoms with Crippen LogP contribution >= 0.6 is 15.9 Å². The van der Waals surface area contributed by atoms with E-state index < -0.39 is 10.0 Å². The predicted octanol–water partition coefficient (Wildman–Crippen LogP) is 2.10. The Labute approximate surface area is 114 Å². The molecule has 0 spiro atoms. The molecule has 0 aliphatic carbocycles. The largest absolute Gasteiger partial charge is 0.383 e. The summed E-state index contributed by atoms with van der Waals surface area (Å²) in [6.07, 6.45) is 0.668. The lowest BCUT2D eigenvalue weighted by Gasteiger charge is -2.24. The molecule has 6 heteroatoms. The van der Waals surface area contributed by atoms with Crippen LogP contribution in [0.1, 0.15) is 27.2 Å². The fraction of sp³-hybridized carbons (Fsp3) is 1.00. The van der Waals surface area contributed by atoms with Crippen molar-refractivity contribution in [2.75, 3.05) is 37.9 Å². The van der Waals surface area contributed by atoms with Gasteiger partial charge in [0, 0.05) is 25.5 Å². The summed E-state index contributed by atoms with van der Waals surface area (Å²) in [5, 5.41) is 0.644. The first kappa shape index (κ1) is 17.4. The Hall–Kier alpha value is 0.350. The van der Waals surface area contributed by atoms with Gasteiger partial charge < -0.3 is 4.74 Å². The van der Waals surface area contributed by atoms with Crippen LogP contribution in [-0.4, -0.2) is 50.6 Å². The van der Waals surface area contributed by atoms with Crippen molar-refractivity contribution in [1.82, 2.24) is 4.31 Å². The second kappa shape index (κ2) is 7.71. The maximum atomic E-state index is 12.1. The fourth-order valence-corrected chi connectivity index (χ4v) is 3.76. The Balaban J connectivity index is 4.49. The number of alkyl halides is 1. The van der Waals surface area contributed by atoms with Gasteiger partial charge in [0.2, 0.25) is 10.0 Å². The first-order chi connectivity index (χ1) is 7.73. The minimum absolute atomic E-state index is 0.0361. The molecule has 0 aromatic heterocycles. The fourth-order valence-electron chi connectivity index (χ4n) is 1.24. The van der Waals surface area contributed by atoms with Crippen LogP contribution in [-0.2, 0) is 14.8 Å². The SMILES string of the molecule is COCCN(CCBr)S(=O)(=O)CCC(C)(C)C. The van der Waals surface area contributed by atoms with E-state index in [4.69, 9.17) is 4.74 Å². The number of nitrogens with zero attached hydrogens (tertiary/aromatic N) is 1. The molecular formula is C11H24BrNO3S. The van der Waals surface area contributed by atoms with Crippen molar-refractivity contribution in [3.8, 4) is 0 Å². The molecule has 0 rings (SSSR count). The van der Waals surface area contributed by atoms with Crippen LogP contribution < -0.4 is 0 Å². The zero-order chi connectivity index (χ0) is 13.5. The number of hydrogen-bond donors (Lipinski definition) is 0. The summed E-state index contributed by atoms with van der Waals surface area (Å²) in [5.41, 5.74) is 0.0361. The van der Waals surface area contributed by atoms with E-state index in [9.17, 15) is 8.42 Å². The number of rotatable bonds is 8. The molecule has 0 radical (unpaired) electrons. The van der Waals surface area contributed by atoms with E-state index in [1.165, 1.54) is 4.31 Å². The topological polar surface area (TPSA) is 46.6 Å². The summed E-state index contributed by atoms with van der Waals surface area (Å²) in [5.74, 6) is 0.202. The van der Waals surface area contributed by atoms with Gasteiger partial charge in [0.15, 0.2) is 0 Å². The molecule has 0 bridgehead atoms. The first-order valence-corrected chi connectivity index (χ1v) is 8.49. The number of halogens is 1. The molecule has 0 saturated heterocycles. The van der Waals surface area contributed by atoms with Gasteiger partial charge in [-0.15, -0.1) is 0 Å². The van der Waals surface area contributed by atoms with Gasteiger partial charge in [0.25, 0.3) is 0 Å². The van der Waals surface area contributed by atoms with Crippen molar-refractivity contribution in [3.05, 3.63) is 0 Å². The lowest BCUT2D eigenvalue weighted by atomic mass is 9.94. The van der Waals surface area contributed by atoms with E-state index in [0.717, 1.165) is 0 Å². The summed E-state index contributed by atoms with van der Waals surface area (Å²) in [6.45, 7) is 7.50. The Morgan fingerprint density at radius 3 is 2.24 bits per heavy atom. The van der Waals surface area contributed by atoms with Crippen molar-refractivity contribution < 1.29 is 13.2 Å². The third-order valence-corrected chi connectivity index (χ3v) is 4.61. The smallest absolute Gasteiger partial charge is 0.214 e. The van der Waals surface area contributed by atoms with Crippen LogP contribution in [0.25, 0.3) is 0 Å². The number of sulfonamides is 1. The Kier molecular flexibility index (Phi) is 7.87. The molecule has 0 heterocycles. The van der Waals surface area contributed by atoms with E-state index in [1.54, 1.807) is 7.11 Å². The van der Waals surface area contributed by atoms with Gasteiger partial charge in [-0.2, -0.15) is 4.31 Å². The molecule has 104 valence electrons. The molecule has 0 fully saturated rings. The molecule has 0 aliphatic rings. The minimum atomic E-state index is -3.17. The average molecular weight is 330 g/mol. The molecule has 17 heavy (non-hydrogen) atoms. The van der Waals surface area contributed by atoms with Gasteiger partial charge in [0.05, 0.1) is 12.4 Å². The van der Waals surface area contributed by atoms with Crippen molar-refractivity contribution in [2.45, 2.75) is 27.2 Å². The highest BCUT2D eigenvalue weighted by molar-refractivity contribution is 9.09. The summed E-state index contributed by atoms with van der Waals surface area (Å²) in [7, 11) is -1.59. The molecule has 4 nitrogen and oxygen atoms in total. The predicted molar refractivity (Wildman–Crippen MR) is 75.1 cm³/mol. The van der Waals surface area contributed by atoms with Crippen LogP contribution in [0.2, 0.25) is 0 Å². The van der Waals surface area contributed by atoms with E-state index in [1.807, 2.05) is 20.8 Å². The van der Waals surface area contributed by atoms with Gasteiger partial charge >= 0.3 is 0 Å². The monoisotopic (exact) mass is 329 g/mol. The maximum absolute atomic E-state index is 12.1. The third-order valence-electron chi connectivity index (χ3n) is 2.38. The lowest BCUT2D eigenvalue weighted by molar-refractivity contribution is 0.180. The van der Waals surface area contributed by atoms with E-state index in [2.05, 4.69) is 15.9 Å². The highest BCUT2D eigenvalue weighted by Crippen LogP contribution is 2.20. The molecular weight excluding hydrogens is 306 g/mol. The zero-order valence-corrected chi connectivity index (χ0v) is 13.6. The minimum Gasteiger partial charge on any atom is -0.383 e. The second-order valence-corrected chi connectivity index (χ2v) is 8.09. The molecule has 0 saturated carbocycles. The van der Waals surface area contributed by atoms with Crippen LogP contribution in [0.15, 0.2) is 0 Å². The van der Waals surface area contributed by atoms with Crippen molar-refractivity contribution in [1.29, 1.82) is 0 Å². The molecule has 0 atom stereocenters.